The molecular weight excluding hydrogens is 899 g/mol. The molecule has 0 saturated carbocycles. The van der Waals surface area contributed by atoms with E-state index in [2.05, 4.69) is 71.9 Å². The summed E-state index contributed by atoms with van der Waals surface area (Å²) in [4.78, 5) is 10.2. The number of pyridine rings is 1. The molecule has 1 N–H and O–H groups in total. The van der Waals surface area contributed by atoms with Crippen molar-refractivity contribution in [3.63, 3.8) is 0 Å². The van der Waals surface area contributed by atoms with Gasteiger partial charge in [0.1, 0.15) is 11.6 Å². The van der Waals surface area contributed by atoms with Gasteiger partial charge in [-0.2, -0.15) is 0 Å². The topological polar surface area (TPSA) is 50.9 Å². The van der Waals surface area contributed by atoms with E-state index in [1.165, 1.54) is 17.8 Å². The standard InChI is InChI=1S/C70H69N3O/c1-67(2,3)54-33-30-48(31-34-54)50-32-35-62(58(41-50)49-22-17-14-18-23-49)73-63-25-19-24-57(64(63)72-66(73)59-43-56(69(7,8)9)44-60(65(59)74)70(10,11)12)52-38-53(40-55(39-52)68(4,5)6)61-42-51(36-37-71-61)47-28-26-46(27-29-47)45-20-15-13-16-21-45/h13-44,74H,1-12H3/i4D3,5D3,6D3,39D,40D. The number of phenolic OH excluding ortho intramolecular Hbond substituents is 1. The lowest BCUT2D eigenvalue weighted by Gasteiger charge is -2.27. The molecule has 2 heterocycles. The van der Waals surface area contributed by atoms with Gasteiger partial charge >= 0.3 is 0 Å². The predicted molar refractivity (Wildman–Crippen MR) is 313 cm³/mol. The van der Waals surface area contributed by atoms with Crippen LogP contribution in [0, 0.1) is 0 Å². The minimum atomic E-state index is -3.82. The SMILES string of the molecule is [2H]c1c(-c2cc(-c3ccc(-c4ccccc4)cc3)ccn2)cc(-c2cccc3c2nc(-c2cc(C(C)(C)C)cc(C(C)(C)C)c2O)n3-c2ccc(-c3ccc(C(C)(C)C)cc3)cc2-c2ccccc2)c([2H])c1C(C([2H])([2H])[2H])(C([2H])([2H])[2H])C([2H])([2H])[2H]. The molecule has 0 unspecified atom stereocenters. The number of hydrogen-bond donors (Lipinski definition) is 1. The van der Waals surface area contributed by atoms with Gasteiger partial charge in [-0.15, -0.1) is 0 Å². The summed E-state index contributed by atoms with van der Waals surface area (Å²) in [5, 5.41) is 12.8. The fourth-order valence-corrected chi connectivity index (χ4v) is 9.70. The van der Waals surface area contributed by atoms with Crippen molar-refractivity contribution in [2.75, 3.05) is 0 Å². The van der Waals surface area contributed by atoms with Crippen LogP contribution < -0.4 is 0 Å². The largest absolute Gasteiger partial charge is 0.507 e. The first-order chi connectivity index (χ1) is 39.7. The zero-order valence-corrected chi connectivity index (χ0v) is 43.6. The summed E-state index contributed by atoms with van der Waals surface area (Å²) >= 11 is 0. The molecule has 74 heavy (non-hydrogen) atoms. The summed E-state index contributed by atoms with van der Waals surface area (Å²) in [5.41, 5.74) is 5.97. The summed E-state index contributed by atoms with van der Waals surface area (Å²) in [6.45, 7) is 7.46. The van der Waals surface area contributed by atoms with E-state index in [0.717, 1.165) is 44.5 Å². The number of aromatic nitrogens is 3. The van der Waals surface area contributed by atoms with Crippen molar-refractivity contribution >= 4 is 11.0 Å². The number of aromatic hydroxyl groups is 1. The fourth-order valence-electron chi connectivity index (χ4n) is 9.70. The van der Waals surface area contributed by atoms with E-state index >= 15 is 0 Å². The van der Waals surface area contributed by atoms with E-state index in [-0.39, 0.29) is 39.1 Å². The summed E-state index contributed by atoms with van der Waals surface area (Å²) < 4.78 is 103. The molecule has 0 aliphatic heterocycles. The third-order valence-corrected chi connectivity index (χ3v) is 14.0. The summed E-state index contributed by atoms with van der Waals surface area (Å²) in [6, 6.07) is 55.0. The summed E-state index contributed by atoms with van der Waals surface area (Å²) in [7, 11) is 0. The van der Waals surface area contributed by atoms with Gasteiger partial charge in [0.15, 0.2) is 0 Å². The van der Waals surface area contributed by atoms with Gasteiger partial charge in [0.25, 0.3) is 0 Å². The highest BCUT2D eigenvalue weighted by Crippen LogP contribution is 2.46. The van der Waals surface area contributed by atoms with Crippen LogP contribution in [-0.4, -0.2) is 19.6 Å². The second kappa shape index (κ2) is 18.9. The van der Waals surface area contributed by atoms with Gasteiger partial charge in [-0.25, -0.2) is 4.98 Å². The molecule has 0 radical (unpaired) electrons. The molecule has 0 saturated heterocycles. The lowest BCUT2D eigenvalue weighted by molar-refractivity contribution is 0.446. The van der Waals surface area contributed by atoms with Crippen LogP contribution in [0.5, 0.6) is 5.75 Å². The second-order valence-corrected chi connectivity index (χ2v) is 22.5. The monoisotopic (exact) mass is 979 g/mol. The second-order valence-electron chi connectivity index (χ2n) is 22.5. The minimum Gasteiger partial charge on any atom is -0.507 e. The van der Waals surface area contributed by atoms with Gasteiger partial charge in [-0.05, 0) is 131 Å². The van der Waals surface area contributed by atoms with Gasteiger partial charge in [0.05, 0.1) is 30.7 Å². The molecule has 10 rings (SSSR count). The van der Waals surface area contributed by atoms with E-state index in [1.807, 2.05) is 141 Å². The van der Waals surface area contributed by atoms with Crippen LogP contribution in [0.1, 0.15) is 120 Å². The maximum absolute atomic E-state index is 12.8. The minimum absolute atomic E-state index is 0.00165. The Morgan fingerprint density at radius 1 is 0.432 bits per heavy atom. The number of fused-ring (bicyclic) bond motifs is 1. The highest BCUT2D eigenvalue weighted by Gasteiger charge is 2.30. The molecule has 4 nitrogen and oxygen atoms in total. The van der Waals surface area contributed by atoms with Crippen molar-refractivity contribution < 1.29 is 20.2 Å². The average Bonchev–Trinajstić information content (AvgIpc) is 1.04. The number of phenols is 1. The fraction of sp³-hybridized carbons (Fsp3) is 0.229. The molecule has 0 bridgehead atoms. The Morgan fingerprint density at radius 2 is 1.00 bits per heavy atom. The quantitative estimate of drug-likeness (QED) is 0.165. The van der Waals surface area contributed by atoms with E-state index in [4.69, 9.17) is 22.3 Å². The molecule has 0 aliphatic carbocycles. The van der Waals surface area contributed by atoms with Gasteiger partial charge in [-0.1, -0.05) is 222 Å². The number of hydrogen-bond acceptors (Lipinski definition) is 3. The van der Waals surface area contributed by atoms with Gasteiger partial charge in [-0.3, -0.25) is 9.55 Å². The first kappa shape index (κ1) is 37.9. The third kappa shape index (κ3) is 9.86. The van der Waals surface area contributed by atoms with Crippen molar-refractivity contribution in [2.45, 2.75) is 105 Å². The van der Waals surface area contributed by atoms with Crippen molar-refractivity contribution in [2.24, 2.45) is 0 Å². The van der Waals surface area contributed by atoms with Crippen LogP contribution in [0.4, 0.5) is 0 Å². The van der Waals surface area contributed by atoms with E-state index in [1.54, 1.807) is 24.3 Å². The Labute approximate surface area is 455 Å². The van der Waals surface area contributed by atoms with Crippen LogP contribution >= 0.6 is 0 Å². The smallest absolute Gasteiger partial charge is 0.149 e. The van der Waals surface area contributed by atoms with Gasteiger partial charge in [0, 0.05) is 40.8 Å². The van der Waals surface area contributed by atoms with Crippen molar-refractivity contribution in [1.29, 1.82) is 0 Å². The number of rotatable bonds is 8. The predicted octanol–water partition coefficient (Wildman–Crippen LogP) is 19.0. The lowest BCUT2D eigenvalue weighted by Crippen LogP contribution is -2.17. The van der Waals surface area contributed by atoms with Crippen LogP contribution in [0.15, 0.2) is 194 Å². The molecule has 370 valence electrons. The molecule has 0 spiro atoms. The van der Waals surface area contributed by atoms with Crippen LogP contribution in [0.2, 0.25) is 0 Å². The Kier molecular flexibility index (Phi) is 9.67. The van der Waals surface area contributed by atoms with Crippen molar-refractivity contribution in [3.05, 3.63) is 216 Å². The molecule has 8 aromatic carbocycles. The molecule has 0 fully saturated rings. The van der Waals surface area contributed by atoms with Gasteiger partial charge in [0.2, 0.25) is 0 Å². The first-order valence-corrected chi connectivity index (χ1v) is 25.2. The maximum atomic E-state index is 12.8. The normalized spacial score (nSPS) is 15.1. The number of benzene rings is 8. The first-order valence-electron chi connectivity index (χ1n) is 30.7. The summed E-state index contributed by atoms with van der Waals surface area (Å²) in [6.07, 6.45) is 1.52. The number of imidazole rings is 1. The highest BCUT2D eigenvalue weighted by atomic mass is 16.3. The Morgan fingerprint density at radius 3 is 1.62 bits per heavy atom. The molecule has 4 heteroatoms. The Bertz CT molecular complexity index is 4110. The van der Waals surface area contributed by atoms with E-state index in [0.29, 0.717) is 33.7 Å². The third-order valence-electron chi connectivity index (χ3n) is 14.0. The lowest BCUT2D eigenvalue weighted by atomic mass is 9.79. The maximum Gasteiger partial charge on any atom is 0.149 e. The van der Waals surface area contributed by atoms with Gasteiger partial charge < -0.3 is 5.11 Å². The molecule has 0 aliphatic rings. The Balaban J connectivity index is 1.32. The van der Waals surface area contributed by atoms with Crippen LogP contribution in [-0.2, 0) is 21.7 Å². The Hall–Kier alpha value is -7.82. The van der Waals surface area contributed by atoms with E-state index < -0.39 is 54.4 Å². The zero-order valence-electron chi connectivity index (χ0n) is 54.6. The zero-order chi connectivity index (χ0) is 61.6. The average molecular weight is 979 g/mol. The van der Waals surface area contributed by atoms with Crippen LogP contribution in [0.25, 0.3) is 95.0 Å². The van der Waals surface area contributed by atoms with Crippen molar-refractivity contribution in [3.8, 4) is 89.7 Å². The number of para-hydroxylation sites is 1. The molecule has 10 aromatic rings. The van der Waals surface area contributed by atoms with E-state index in [9.17, 15) is 7.85 Å². The number of nitrogens with zero attached hydrogens (tertiary/aromatic N) is 3. The molecule has 0 atom stereocenters. The molecular formula is C70H69N3O. The van der Waals surface area contributed by atoms with Crippen molar-refractivity contribution in [1.82, 2.24) is 14.5 Å². The van der Waals surface area contributed by atoms with Crippen LogP contribution in [0.3, 0.4) is 0 Å². The highest BCUT2D eigenvalue weighted by molar-refractivity contribution is 5.98. The summed E-state index contributed by atoms with van der Waals surface area (Å²) in [5.74, 6) is 0.313. The molecule has 0 amide bonds. The molecule has 2 aromatic heterocycles.